The van der Waals surface area contributed by atoms with Crippen molar-refractivity contribution in [1.29, 1.82) is 0 Å². The van der Waals surface area contributed by atoms with E-state index in [2.05, 4.69) is 13.2 Å². The lowest BCUT2D eigenvalue weighted by Gasteiger charge is -2.11. The molecule has 0 aromatic rings. The summed E-state index contributed by atoms with van der Waals surface area (Å²) >= 11 is 0. The van der Waals surface area contributed by atoms with Crippen LogP contribution in [0.25, 0.3) is 0 Å². The number of hydrogen-bond acceptors (Lipinski definition) is 3. The number of hydrogen-bond donors (Lipinski definition) is 0. The summed E-state index contributed by atoms with van der Waals surface area (Å²) < 4.78 is 10.3. The molecule has 0 atom stereocenters. The van der Waals surface area contributed by atoms with E-state index >= 15 is 0 Å². The van der Waals surface area contributed by atoms with Crippen LogP contribution in [0.4, 0.5) is 0 Å². The Morgan fingerprint density at radius 1 is 1.38 bits per heavy atom. The first-order valence-electron chi connectivity index (χ1n) is 5.77. The van der Waals surface area contributed by atoms with Gasteiger partial charge in [-0.2, -0.15) is 0 Å². The van der Waals surface area contributed by atoms with Gasteiger partial charge < -0.3 is 9.47 Å². The van der Waals surface area contributed by atoms with Crippen molar-refractivity contribution in [1.82, 2.24) is 0 Å². The SMILES string of the molecule is C=CCOCC(=C)C(=O)OCC1CCCC1. The number of rotatable bonds is 7. The standard InChI is InChI=1S/C13H20O3/c1-3-8-15-9-11(2)13(14)16-10-12-6-4-5-7-12/h3,12H,1-2,4-10H2. The topological polar surface area (TPSA) is 35.5 Å². The van der Waals surface area contributed by atoms with Crippen molar-refractivity contribution in [3.05, 3.63) is 24.8 Å². The summed E-state index contributed by atoms with van der Waals surface area (Å²) in [5.74, 6) is 0.210. The second-order valence-electron chi connectivity index (χ2n) is 4.16. The van der Waals surface area contributed by atoms with Crippen LogP contribution in [0.1, 0.15) is 25.7 Å². The third-order valence-corrected chi connectivity index (χ3v) is 2.73. The number of carbonyl (C=O) groups excluding carboxylic acids is 1. The molecule has 1 saturated carbocycles. The molecular formula is C13H20O3. The highest BCUT2D eigenvalue weighted by atomic mass is 16.5. The monoisotopic (exact) mass is 224 g/mol. The van der Waals surface area contributed by atoms with E-state index in [4.69, 9.17) is 9.47 Å². The van der Waals surface area contributed by atoms with Crippen LogP contribution >= 0.6 is 0 Å². The van der Waals surface area contributed by atoms with E-state index in [1.165, 1.54) is 25.7 Å². The largest absolute Gasteiger partial charge is 0.462 e. The maximum absolute atomic E-state index is 11.5. The lowest BCUT2D eigenvalue weighted by Crippen LogP contribution is -2.16. The summed E-state index contributed by atoms with van der Waals surface area (Å²) in [5, 5.41) is 0. The second kappa shape index (κ2) is 7.23. The zero-order valence-corrected chi connectivity index (χ0v) is 9.74. The summed E-state index contributed by atoms with van der Waals surface area (Å²) in [6, 6.07) is 0. The molecule has 0 radical (unpaired) electrons. The van der Waals surface area contributed by atoms with E-state index in [0.29, 0.717) is 24.7 Å². The molecule has 0 heterocycles. The summed E-state index contributed by atoms with van der Waals surface area (Å²) in [7, 11) is 0. The van der Waals surface area contributed by atoms with Crippen LogP contribution in [0.5, 0.6) is 0 Å². The fourth-order valence-corrected chi connectivity index (χ4v) is 1.80. The van der Waals surface area contributed by atoms with Crippen LogP contribution < -0.4 is 0 Å². The predicted molar refractivity (Wildman–Crippen MR) is 63.1 cm³/mol. The van der Waals surface area contributed by atoms with Crippen molar-refractivity contribution in [2.24, 2.45) is 5.92 Å². The molecular weight excluding hydrogens is 204 g/mol. The highest BCUT2D eigenvalue weighted by Gasteiger charge is 2.17. The third-order valence-electron chi connectivity index (χ3n) is 2.73. The van der Waals surface area contributed by atoms with Gasteiger partial charge in [-0.05, 0) is 18.8 Å². The van der Waals surface area contributed by atoms with Crippen molar-refractivity contribution < 1.29 is 14.3 Å². The summed E-state index contributed by atoms with van der Waals surface area (Å²) in [4.78, 5) is 11.5. The molecule has 0 aliphatic heterocycles. The van der Waals surface area contributed by atoms with E-state index in [9.17, 15) is 4.79 Å². The van der Waals surface area contributed by atoms with Crippen LogP contribution in [0.3, 0.4) is 0 Å². The molecule has 90 valence electrons. The molecule has 0 aromatic heterocycles. The van der Waals surface area contributed by atoms with Gasteiger partial charge in [0.1, 0.15) is 0 Å². The summed E-state index contributed by atoms with van der Waals surface area (Å²) in [5.41, 5.74) is 0.375. The van der Waals surface area contributed by atoms with Gasteiger partial charge in [0.25, 0.3) is 0 Å². The van der Waals surface area contributed by atoms with Gasteiger partial charge in [0, 0.05) is 0 Å². The van der Waals surface area contributed by atoms with Crippen LogP contribution in [0.15, 0.2) is 24.8 Å². The van der Waals surface area contributed by atoms with Gasteiger partial charge in [-0.1, -0.05) is 25.5 Å². The average Bonchev–Trinajstić information content (AvgIpc) is 2.79. The smallest absolute Gasteiger partial charge is 0.335 e. The highest BCUT2D eigenvalue weighted by molar-refractivity contribution is 5.87. The van der Waals surface area contributed by atoms with Crippen LogP contribution in [-0.2, 0) is 14.3 Å². The molecule has 3 nitrogen and oxygen atoms in total. The molecule has 0 unspecified atom stereocenters. The number of ether oxygens (including phenoxy) is 2. The zero-order chi connectivity index (χ0) is 11.8. The maximum atomic E-state index is 11.5. The first kappa shape index (κ1) is 13.0. The van der Waals surface area contributed by atoms with E-state index in [0.717, 1.165) is 0 Å². The van der Waals surface area contributed by atoms with Gasteiger partial charge in [0.05, 0.1) is 25.4 Å². The lowest BCUT2D eigenvalue weighted by molar-refractivity contribution is -0.140. The molecule has 0 spiro atoms. The van der Waals surface area contributed by atoms with Gasteiger partial charge in [0.15, 0.2) is 0 Å². The van der Waals surface area contributed by atoms with Gasteiger partial charge in [-0.15, -0.1) is 6.58 Å². The Morgan fingerprint density at radius 3 is 2.69 bits per heavy atom. The van der Waals surface area contributed by atoms with Crippen LogP contribution in [0, 0.1) is 5.92 Å². The van der Waals surface area contributed by atoms with Gasteiger partial charge in [-0.25, -0.2) is 4.79 Å². The van der Waals surface area contributed by atoms with E-state index in [1.54, 1.807) is 6.08 Å². The van der Waals surface area contributed by atoms with Crippen LogP contribution in [-0.4, -0.2) is 25.8 Å². The maximum Gasteiger partial charge on any atom is 0.335 e. The molecule has 1 rings (SSSR count). The predicted octanol–water partition coefficient (Wildman–Crippen LogP) is 2.48. The molecule has 1 fully saturated rings. The highest BCUT2D eigenvalue weighted by Crippen LogP contribution is 2.24. The second-order valence-corrected chi connectivity index (χ2v) is 4.16. The molecule has 3 heteroatoms. The van der Waals surface area contributed by atoms with Crippen molar-refractivity contribution in [2.75, 3.05) is 19.8 Å². The zero-order valence-electron chi connectivity index (χ0n) is 9.74. The van der Waals surface area contributed by atoms with Gasteiger partial charge in [0.2, 0.25) is 0 Å². The Bertz CT molecular complexity index is 252. The third kappa shape index (κ3) is 4.62. The normalized spacial score (nSPS) is 16.0. The van der Waals surface area contributed by atoms with E-state index < -0.39 is 0 Å². The fourth-order valence-electron chi connectivity index (χ4n) is 1.80. The molecule has 0 bridgehead atoms. The molecule has 0 aromatic carbocycles. The van der Waals surface area contributed by atoms with E-state index in [-0.39, 0.29) is 12.6 Å². The minimum absolute atomic E-state index is 0.218. The lowest BCUT2D eigenvalue weighted by atomic mass is 10.1. The van der Waals surface area contributed by atoms with Crippen LogP contribution in [0.2, 0.25) is 0 Å². The molecule has 0 N–H and O–H groups in total. The van der Waals surface area contributed by atoms with Gasteiger partial charge >= 0.3 is 5.97 Å². The summed E-state index contributed by atoms with van der Waals surface area (Å²) in [6.07, 6.45) is 6.49. The summed E-state index contributed by atoms with van der Waals surface area (Å²) in [6.45, 7) is 8.33. The van der Waals surface area contributed by atoms with Crippen molar-refractivity contribution in [3.8, 4) is 0 Å². The Labute approximate surface area is 97.1 Å². The Kier molecular flexibility index (Phi) is 5.86. The first-order valence-corrected chi connectivity index (χ1v) is 5.77. The van der Waals surface area contributed by atoms with Crippen molar-refractivity contribution in [3.63, 3.8) is 0 Å². The molecule has 1 aliphatic carbocycles. The Balaban J connectivity index is 2.12. The molecule has 1 aliphatic rings. The Hall–Kier alpha value is -1.09. The number of carbonyl (C=O) groups is 1. The molecule has 16 heavy (non-hydrogen) atoms. The molecule has 0 saturated heterocycles. The van der Waals surface area contributed by atoms with Gasteiger partial charge in [-0.3, -0.25) is 0 Å². The van der Waals surface area contributed by atoms with Crippen molar-refractivity contribution in [2.45, 2.75) is 25.7 Å². The first-order chi connectivity index (χ1) is 7.74. The fraction of sp³-hybridized carbons (Fsp3) is 0.615. The van der Waals surface area contributed by atoms with Crippen molar-refractivity contribution >= 4 is 5.97 Å². The Morgan fingerprint density at radius 2 is 2.06 bits per heavy atom. The van der Waals surface area contributed by atoms with E-state index in [1.807, 2.05) is 0 Å². The minimum Gasteiger partial charge on any atom is -0.462 e. The molecule has 0 amide bonds. The number of esters is 1. The quantitative estimate of drug-likeness (QED) is 0.288. The minimum atomic E-state index is -0.337. The average molecular weight is 224 g/mol.